The Morgan fingerprint density at radius 3 is 2.56 bits per heavy atom. The molecule has 0 aromatic rings. The van der Waals surface area contributed by atoms with Crippen molar-refractivity contribution in [2.45, 2.75) is 63.9 Å². The number of aliphatic hydroxyl groups is 1. The van der Waals surface area contributed by atoms with Gasteiger partial charge in [-0.05, 0) is 51.0 Å². The van der Waals surface area contributed by atoms with E-state index in [-0.39, 0.29) is 6.42 Å². The lowest BCUT2D eigenvalue weighted by molar-refractivity contribution is -0.137. The molecule has 1 saturated carbocycles. The molecular weight excluding hydrogens is 230 g/mol. The highest BCUT2D eigenvalue weighted by Crippen LogP contribution is 2.33. The molecule has 0 aromatic heterocycles. The van der Waals surface area contributed by atoms with Gasteiger partial charge in [-0.15, -0.1) is 0 Å². The Hall–Kier alpha value is -0.610. The average Bonchev–Trinajstić information content (AvgIpc) is 2.34. The number of hydrogen-bond acceptors (Lipinski definition) is 3. The number of rotatable bonds is 8. The summed E-state index contributed by atoms with van der Waals surface area (Å²) < 4.78 is 0. The summed E-state index contributed by atoms with van der Waals surface area (Å²) in [5.74, 6) is 0.0624. The van der Waals surface area contributed by atoms with Gasteiger partial charge in [-0.25, -0.2) is 0 Å². The molecule has 0 atom stereocenters. The second-order valence-electron chi connectivity index (χ2n) is 5.60. The summed E-state index contributed by atoms with van der Waals surface area (Å²) in [7, 11) is 0. The van der Waals surface area contributed by atoms with Crippen LogP contribution in [-0.4, -0.2) is 34.9 Å². The van der Waals surface area contributed by atoms with E-state index in [1.807, 2.05) is 0 Å². The van der Waals surface area contributed by atoms with Crippen LogP contribution in [0.4, 0.5) is 0 Å². The maximum absolute atomic E-state index is 10.4. The predicted molar refractivity (Wildman–Crippen MR) is 71.6 cm³/mol. The van der Waals surface area contributed by atoms with Crippen molar-refractivity contribution >= 4 is 5.97 Å². The largest absolute Gasteiger partial charge is 0.481 e. The van der Waals surface area contributed by atoms with Crippen LogP contribution in [-0.2, 0) is 4.79 Å². The van der Waals surface area contributed by atoms with E-state index in [0.717, 1.165) is 44.6 Å². The Balaban J connectivity index is 2.06. The molecule has 0 unspecified atom stereocenters. The molecule has 1 aliphatic rings. The van der Waals surface area contributed by atoms with Crippen LogP contribution in [0.5, 0.6) is 0 Å². The Bertz CT molecular complexity index is 247. The molecule has 0 heterocycles. The molecule has 1 aliphatic carbocycles. The summed E-state index contributed by atoms with van der Waals surface area (Å²) in [4.78, 5) is 10.3. The molecule has 0 saturated heterocycles. The third kappa shape index (κ3) is 5.83. The van der Waals surface area contributed by atoms with Gasteiger partial charge in [-0.1, -0.05) is 13.3 Å². The van der Waals surface area contributed by atoms with Gasteiger partial charge in [0.05, 0.1) is 5.60 Å². The van der Waals surface area contributed by atoms with E-state index in [4.69, 9.17) is 5.11 Å². The number of aliphatic carboxylic acids is 1. The first kappa shape index (κ1) is 15.4. The molecule has 0 bridgehead atoms. The van der Waals surface area contributed by atoms with E-state index in [1.165, 1.54) is 6.42 Å². The molecule has 0 spiro atoms. The van der Waals surface area contributed by atoms with Crippen molar-refractivity contribution in [1.82, 2.24) is 5.32 Å². The van der Waals surface area contributed by atoms with E-state index in [2.05, 4.69) is 12.2 Å². The maximum atomic E-state index is 10.4. The quantitative estimate of drug-likeness (QED) is 0.583. The third-order valence-electron chi connectivity index (χ3n) is 4.06. The van der Waals surface area contributed by atoms with E-state index in [9.17, 15) is 9.90 Å². The summed E-state index contributed by atoms with van der Waals surface area (Å²) in [6.07, 6.45) is 7.09. The first-order chi connectivity index (χ1) is 8.56. The highest BCUT2D eigenvalue weighted by atomic mass is 16.4. The molecule has 1 fully saturated rings. The smallest absolute Gasteiger partial charge is 0.303 e. The van der Waals surface area contributed by atoms with Crippen LogP contribution >= 0.6 is 0 Å². The van der Waals surface area contributed by atoms with Crippen LogP contribution in [0.25, 0.3) is 0 Å². The van der Waals surface area contributed by atoms with Crippen LogP contribution in [0, 0.1) is 5.92 Å². The number of nitrogens with one attached hydrogen (secondary N) is 1. The molecule has 0 aliphatic heterocycles. The van der Waals surface area contributed by atoms with Crippen LogP contribution in [0.1, 0.15) is 58.3 Å². The fraction of sp³-hybridized carbons (Fsp3) is 0.929. The fourth-order valence-corrected chi connectivity index (χ4v) is 2.65. The van der Waals surface area contributed by atoms with Crippen LogP contribution in [0.2, 0.25) is 0 Å². The van der Waals surface area contributed by atoms with Gasteiger partial charge < -0.3 is 15.5 Å². The molecule has 0 aromatic carbocycles. The van der Waals surface area contributed by atoms with Gasteiger partial charge >= 0.3 is 5.97 Å². The minimum absolute atomic E-state index is 0.240. The van der Waals surface area contributed by atoms with Crippen molar-refractivity contribution in [3.63, 3.8) is 0 Å². The summed E-state index contributed by atoms with van der Waals surface area (Å²) in [6.45, 7) is 3.67. The molecule has 106 valence electrons. The minimum atomic E-state index is -0.730. The Morgan fingerprint density at radius 2 is 2.00 bits per heavy atom. The van der Waals surface area contributed by atoms with Crippen molar-refractivity contribution in [3.05, 3.63) is 0 Å². The summed E-state index contributed by atoms with van der Waals surface area (Å²) in [6, 6.07) is 0. The fourth-order valence-electron chi connectivity index (χ4n) is 2.65. The van der Waals surface area contributed by atoms with E-state index >= 15 is 0 Å². The first-order valence-corrected chi connectivity index (χ1v) is 7.20. The molecular formula is C14H27NO3. The third-order valence-corrected chi connectivity index (χ3v) is 4.06. The lowest BCUT2D eigenvalue weighted by Crippen LogP contribution is -2.43. The normalized spacial score (nSPS) is 28.2. The first-order valence-electron chi connectivity index (χ1n) is 7.20. The van der Waals surface area contributed by atoms with Crippen LogP contribution in [0.3, 0.4) is 0 Å². The summed E-state index contributed by atoms with van der Waals surface area (Å²) in [5, 5.41) is 22.1. The summed E-state index contributed by atoms with van der Waals surface area (Å²) in [5.41, 5.74) is -0.529. The number of carboxylic acid groups (broad SMARTS) is 1. The van der Waals surface area contributed by atoms with Gasteiger partial charge in [0, 0.05) is 13.0 Å². The highest BCUT2D eigenvalue weighted by molar-refractivity contribution is 5.66. The number of carboxylic acids is 1. The van der Waals surface area contributed by atoms with E-state index in [1.54, 1.807) is 0 Å². The second kappa shape index (κ2) is 7.74. The maximum Gasteiger partial charge on any atom is 0.303 e. The number of hydrogen-bond donors (Lipinski definition) is 3. The monoisotopic (exact) mass is 257 g/mol. The topological polar surface area (TPSA) is 69.6 Å². The van der Waals surface area contributed by atoms with E-state index in [0.29, 0.717) is 13.0 Å². The average molecular weight is 257 g/mol. The molecule has 0 radical (unpaired) electrons. The molecule has 18 heavy (non-hydrogen) atoms. The van der Waals surface area contributed by atoms with Crippen LogP contribution in [0.15, 0.2) is 0 Å². The summed E-state index contributed by atoms with van der Waals surface area (Å²) >= 11 is 0. The molecule has 3 N–H and O–H groups in total. The Kier molecular flexibility index (Phi) is 6.65. The van der Waals surface area contributed by atoms with Crippen molar-refractivity contribution in [2.75, 3.05) is 13.1 Å². The van der Waals surface area contributed by atoms with Gasteiger partial charge in [0.1, 0.15) is 0 Å². The minimum Gasteiger partial charge on any atom is -0.481 e. The number of carbonyl (C=O) groups is 1. The lowest BCUT2D eigenvalue weighted by atomic mass is 9.78. The van der Waals surface area contributed by atoms with E-state index < -0.39 is 11.6 Å². The van der Waals surface area contributed by atoms with Crippen LogP contribution < -0.4 is 5.32 Å². The van der Waals surface area contributed by atoms with Gasteiger partial charge in [0.15, 0.2) is 0 Å². The van der Waals surface area contributed by atoms with Crippen molar-refractivity contribution in [3.8, 4) is 0 Å². The lowest BCUT2D eigenvalue weighted by Gasteiger charge is -2.36. The zero-order valence-corrected chi connectivity index (χ0v) is 11.5. The highest BCUT2D eigenvalue weighted by Gasteiger charge is 2.31. The zero-order chi connectivity index (χ0) is 13.4. The molecule has 4 heteroatoms. The number of unbranched alkanes of at least 4 members (excludes halogenated alkanes) is 1. The SMILES string of the molecule is CCC1CCC(O)(CNCCCCC(=O)O)CC1. The standard InChI is InChI=1S/C14H27NO3/c1-2-12-6-8-14(18,9-7-12)11-15-10-4-3-5-13(16)17/h12,15,18H,2-11H2,1H3,(H,16,17). The van der Waals surface area contributed by atoms with Crippen molar-refractivity contribution in [2.24, 2.45) is 5.92 Å². The van der Waals surface area contributed by atoms with Crippen molar-refractivity contribution < 1.29 is 15.0 Å². The molecule has 0 amide bonds. The van der Waals surface area contributed by atoms with Crippen molar-refractivity contribution in [1.29, 1.82) is 0 Å². The predicted octanol–water partition coefficient (Wildman–Crippen LogP) is 2.16. The molecule has 1 rings (SSSR count). The Morgan fingerprint density at radius 1 is 1.33 bits per heavy atom. The van der Waals surface area contributed by atoms with Gasteiger partial charge in [0.2, 0.25) is 0 Å². The van der Waals surface area contributed by atoms with Gasteiger partial charge in [-0.3, -0.25) is 4.79 Å². The second-order valence-corrected chi connectivity index (χ2v) is 5.60. The van der Waals surface area contributed by atoms with Gasteiger partial charge in [-0.2, -0.15) is 0 Å². The molecule has 4 nitrogen and oxygen atoms in total. The Labute approximate surface area is 110 Å². The van der Waals surface area contributed by atoms with Gasteiger partial charge in [0.25, 0.3) is 0 Å². The zero-order valence-electron chi connectivity index (χ0n) is 11.5.